The van der Waals surface area contributed by atoms with Gasteiger partial charge in [-0.25, -0.2) is 4.98 Å². The summed E-state index contributed by atoms with van der Waals surface area (Å²) in [5.74, 6) is 0.441. The van der Waals surface area contributed by atoms with Crippen molar-refractivity contribution in [3.05, 3.63) is 22.7 Å². The van der Waals surface area contributed by atoms with Crippen LogP contribution in [-0.4, -0.2) is 58.9 Å². The molecule has 2 heterocycles. The number of β-amino-alcohol motifs (C(OH)–C–C–N with tert-alkyl or cyclic N) is 1. The topological polar surface area (TPSA) is 61.6 Å². The highest BCUT2D eigenvalue weighted by atomic mass is 16.3. The number of likely N-dealkylation sites (N-methyl/N-ethyl adjacent to an activating group) is 1. The fourth-order valence-electron chi connectivity index (χ4n) is 2.87. The first-order valence-electron chi connectivity index (χ1n) is 7.37. The zero-order valence-corrected chi connectivity index (χ0v) is 13.6. The molecule has 6 heteroatoms. The fraction of sp³-hybridized carbons (Fsp3) is 0.733. The molecule has 0 spiro atoms. The van der Waals surface area contributed by atoms with E-state index in [2.05, 4.69) is 9.88 Å². The second-order valence-corrected chi connectivity index (χ2v) is 7.05. The minimum atomic E-state index is -0.403. The Morgan fingerprint density at radius 2 is 2.10 bits per heavy atom. The Kier molecular flexibility index (Phi) is 4.39. The standard InChI is InChI=1S/C15H26N4O2/c1-15(2,3)19-7-6-16-13(14(19)21)18-10-12(20)8-11(18)9-17(4)5/h6-7,11-12,20H,8-10H2,1-5H3. The highest BCUT2D eigenvalue weighted by Gasteiger charge is 2.34. The molecule has 2 unspecified atom stereocenters. The van der Waals surface area contributed by atoms with Gasteiger partial charge in [-0.1, -0.05) is 0 Å². The van der Waals surface area contributed by atoms with Gasteiger partial charge in [-0.05, 0) is 41.3 Å². The molecule has 0 aliphatic carbocycles. The van der Waals surface area contributed by atoms with E-state index in [1.807, 2.05) is 39.8 Å². The Balaban J connectivity index is 2.39. The normalized spacial score (nSPS) is 23.1. The summed E-state index contributed by atoms with van der Waals surface area (Å²) < 4.78 is 1.70. The first-order valence-corrected chi connectivity index (χ1v) is 7.37. The average molecular weight is 294 g/mol. The quantitative estimate of drug-likeness (QED) is 0.879. The first-order chi connectivity index (χ1) is 9.70. The highest BCUT2D eigenvalue weighted by molar-refractivity contribution is 5.40. The maximum atomic E-state index is 12.7. The van der Waals surface area contributed by atoms with Gasteiger partial charge < -0.3 is 19.5 Å². The number of rotatable bonds is 3. The molecule has 1 aromatic rings. The van der Waals surface area contributed by atoms with Crippen molar-refractivity contribution in [2.75, 3.05) is 32.1 Å². The molecule has 0 aromatic carbocycles. The van der Waals surface area contributed by atoms with Crippen LogP contribution in [0, 0.1) is 0 Å². The summed E-state index contributed by atoms with van der Waals surface area (Å²) in [7, 11) is 3.99. The van der Waals surface area contributed by atoms with Crippen LogP contribution < -0.4 is 10.5 Å². The van der Waals surface area contributed by atoms with Crippen LogP contribution in [-0.2, 0) is 5.54 Å². The summed E-state index contributed by atoms with van der Waals surface area (Å²) in [6.07, 6.45) is 3.65. The third-order valence-corrected chi connectivity index (χ3v) is 3.79. The molecule has 1 N–H and O–H groups in total. The van der Waals surface area contributed by atoms with Gasteiger partial charge in [-0.3, -0.25) is 4.79 Å². The molecule has 2 rings (SSSR count). The lowest BCUT2D eigenvalue weighted by Gasteiger charge is -2.29. The number of anilines is 1. The first kappa shape index (κ1) is 16.0. The van der Waals surface area contributed by atoms with Gasteiger partial charge in [-0.15, -0.1) is 0 Å². The molecule has 118 valence electrons. The van der Waals surface area contributed by atoms with Crippen molar-refractivity contribution in [1.82, 2.24) is 14.5 Å². The van der Waals surface area contributed by atoms with E-state index < -0.39 is 6.10 Å². The maximum absolute atomic E-state index is 12.7. The number of hydrogen-bond acceptors (Lipinski definition) is 5. The van der Waals surface area contributed by atoms with E-state index >= 15 is 0 Å². The van der Waals surface area contributed by atoms with E-state index in [1.165, 1.54) is 0 Å². The minimum absolute atomic E-state index is 0.0946. The van der Waals surface area contributed by atoms with Gasteiger partial charge in [0, 0.05) is 37.1 Å². The van der Waals surface area contributed by atoms with Gasteiger partial charge >= 0.3 is 0 Å². The predicted octanol–water partition coefficient (Wildman–Crippen LogP) is 0.500. The summed E-state index contributed by atoms with van der Waals surface area (Å²) in [6.45, 7) is 7.24. The van der Waals surface area contributed by atoms with Crippen molar-refractivity contribution in [2.24, 2.45) is 0 Å². The summed E-state index contributed by atoms with van der Waals surface area (Å²) in [4.78, 5) is 21.0. The number of aliphatic hydroxyl groups excluding tert-OH is 1. The van der Waals surface area contributed by atoms with Gasteiger partial charge in [0.25, 0.3) is 5.56 Å². The summed E-state index contributed by atoms with van der Waals surface area (Å²) in [6, 6.07) is 0.117. The SMILES string of the molecule is CN(C)CC1CC(O)CN1c1nccn(C(C)(C)C)c1=O. The largest absolute Gasteiger partial charge is 0.391 e. The van der Waals surface area contributed by atoms with Crippen molar-refractivity contribution < 1.29 is 5.11 Å². The molecular weight excluding hydrogens is 268 g/mol. The molecular formula is C15H26N4O2. The lowest BCUT2D eigenvalue weighted by atomic mass is 10.1. The van der Waals surface area contributed by atoms with Crippen LogP contribution in [0.1, 0.15) is 27.2 Å². The van der Waals surface area contributed by atoms with Crippen molar-refractivity contribution >= 4 is 5.82 Å². The summed E-state index contributed by atoms with van der Waals surface area (Å²) in [5.41, 5.74) is -0.382. The van der Waals surface area contributed by atoms with Crippen molar-refractivity contribution in [1.29, 1.82) is 0 Å². The second kappa shape index (κ2) is 5.77. The van der Waals surface area contributed by atoms with Crippen LogP contribution in [0.3, 0.4) is 0 Å². The lowest BCUT2D eigenvalue weighted by molar-refractivity contribution is 0.191. The third-order valence-electron chi connectivity index (χ3n) is 3.79. The van der Waals surface area contributed by atoms with E-state index in [0.717, 1.165) is 6.54 Å². The summed E-state index contributed by atoms with van der Waals surface area (Å²) >= 11 is 0. The Bertz CT molecular complexity index is 547. The van der Waals surface area contributed by atoms with Crippen molar-refractivity contribution in [3.63, 3.8) is 0 Å². The Labute approximate surface area is 126 Å². The van der Waals surface area contributed by atoms with E-state index in [4.69, 9.17) is 0 Å². The minimum Gasteiger partial charge on any atom is -0.391 e. The van der Waals surface area contributed by atoms with Crippen molar-refractivity contribution in [3.8, 4) is 0 Å². The molecule has 1 aliphatic rings. The molecule has 21 heavy (non-hydrogen) atoms. The number of aromatic nitrogens is 2. The van der Waals surface area contributed by atoms with E-state index in [9.17, 15) is 9.90 Å². The van der Waals surface area contributed by atoms with Crippen LogP contribution in [0.5, 0.6) is 0 Å². The maximum Gasteiger partial charge on any atom is 0.293 e. The molecule has 0 saturated carbocycles. The van der Waals surface area contributed by atoms with E-state index in [0.29, 0.717) is 18.8 Å². The molecule has 0 bridgehead atoms. The van der Waals surface area contributed by atoms with Gasteiger partial charge in [0.1, 0.15) is 0 Å². The van der Waals surface area contributed by atoms with Gasteiger partial charge in [-0.2, -0.15) is 0 Å². The molecule has 0 radical (unpaired) electrons. The molecule has 1 fully saturated rings. The van der Waals surface area contributed by atoms with Crippen LogP contribution in [0.4, 0.5) is 5.82 Å². The fourth-order valence-corrected chi connectivity index (χ4v) is 2.87. The molecule has 0 amide bonds. The van der Waals surface area contributed by atoms with E-state index in [1.54, 1.807) is 17.0 Å². The Morgan fingerprint density at radius 1 is 1.43 bits per heavy atom. The van der Waals surface area contributed by atoms with Crippen LogP contribution in [0.25, 0.3) is 0 Å². The Hall–Kier alpha value is -1.40. The van der Waals surface area contributed by atoms with Crippen LogP contribution in [0.2, 0.25) is 0 Å². The zero-order chi connectivity index (χ0) is 15.8. The molecule has 6 nitrogen and oxygen atoms in total. The van der Waals surface area contributed by atoms with Gasteiger partial charge in [0.15, 0.2) is 5.82 Å². The predicted molar refractivity (Wildman–Crippen MR) is 83.8 cm³/mol. The lowest BCUT2D eigenvalue weighted by Crippen LogP contribution is -2.43. The van der Waals surface area contributed by atoms with Gasteiger partial charge in [0.05, 0.1) is 6.10 Å². The number of aliphatic hydroxyl groups is 1. The molecule has 2 atom stereocenters. The second-order valence-electron chi connectivity index (χ2n) is 7.05. The van der Waals surface area contributed by atoms with Gasteiger partial charge in [0.2, 0.25) is 0 Å². The number of nitrogens with zero attached hydrogens (tertiary/aromatic N) is 4. The molecule has 1 saturated heterocycles. The zero-order valence-electron chi connectivity index (χ0n) is 13.6. The molecule has 1 aliphatic heterocycles. The average Bonchev–Trinajstić information content (AvgIpc) is 2.68. The monoisotopic (exact) mass is 294 g/mol. The smallest absolute Gasteiger partial charge is 0.293 e. The Morgan fingerprint density at radius 3 is 2.67 bits per heavy atom. The van der Waals surface area contributed by atoms with Crippen molar-refractivity contribution in [2.45, 2.75) is 44.9 Å². The summed E-state index contributed by atoms with van der Waals surface area (Å²) in [5, 5.41) is 9.97. The number of hydrogen-bond donors (Lipinski definition) is 1. The van der Waals surface area contributed by atoms with Crippen LogP contribution in [0.15, 0.2) is 17.2 Å². The molecule has 1 aromatic heterocycles. The third kappa shape index (κ3) is 3.44. The van der Waals surface area contributed by atoms with E-state index in [-0.39, 0.29) is 17.1 Å². The van der Waals surface area contributed by atoms with Crippen LogP contribution >= 0.6 is 0 Å². The highest BCUT2D eigenvalue weighted by Crippen LogP contribution is 2.23.